The van der Waals surface area contributed by atoms with Gasteiger partial charge in [0.2, 0.25) is 11.8 Å². The van der Waals surface area contributed by atoms with Crippen LogP contribution < -0.4 is 10.6 Å². The predicted molar refractivity (Wildman–Crippen MR) is 119 cm³/mol. The molecule has 1 heterocycles. The number of rotatable bonds is 6. The minimum absolute atomic E-state index is 0.00939. The molecule has 176 valence electrons. The quantitative estimate of drug-likeness (QED) is 0.495. The summed E-state index contributed by atoms with van der Waals surface area (Å²) in [6.07, 6.45) is -1.17. The summed E-state index contributed by atoms with van der Waals surface area (Å²) in [6, 6.07) is 12.3. The van der Waals surface area contributed by atoms with Crippen LogP contribution in [0, 0.1) is 0 Å². The van der Waals surface area contributed by atoms with Crippen LogP contribution in [0.1, 0.15) is 43.7 Å². The highest BCUT2D eigenvalue weighted by Crippen LogP contribution is 2.45. The molecule has 0 bridgehead atoms. The van der Waals surface area contributed by atoms with E-state index in [0.29, 0.717) is 10.8 Å². The first-order valence-corrected chi connectivity index (χ1v) is 10.8. The Morgan fingerprint density at radius 2 is 1.71 bits per heavy atom. The van der Waals surface area contributed by atoms with Gasteiger partial charge >= 0.3 is 6.16 Å². The number of ether oxygens (including phenoxy) is 1. The minimum Gasteiger partial charge on any atom is -0.432 e. The van der Waals surface area contributed by atoms with E-state index >= 15 is 0 Å². The number of anilines is 1. The average Bonchev–Trinajstić information content (AvgIpc) is 3.28. The summed E-state index contributed by atoms with van der Waals surface area (Å²) in [5, 5.41) is 5.74. The Kier molecular flexibility index (Phi) is 6.31. The number of benzene rings is 2. The molecular formula is C24H23N3O7. The van der Waals surface area contributed by atoms with E-state index in [-0.39, 0.29) is 37.2 Å². The van der Waals surface area contributed by atoms with Crippen LogP contribution in [0.15, 0.2) is 42.5 Å². The van der Waals surface area contributed by atoms with Crippen LogP contribution in [-0.2, 0) is 28.8 Å². The maximum Gasteiger partial charge on any atom is 0.533 e. The van der Waals surface area contributed by atoms with E-state index in [1.165, 1.54) is 6.92 Å². The lowest BCUT2D eigenvalue weighted by atomic mass is 9.97. The second-order valence-electron chi connectivity index (χ2n) is 8.09. The third kappa shape index (κ3) is 4.61. The van der Waals surface area contributed by atoms with E-state index in [0.717, 1.165) is 22.3 Å². The van der Waals surface area contributed by atoms with Gasteiger partial charge in [-0.25, -0.2) is 4.79 Å². The number of fused-ring (bicyclic) bond motifs is 3. The Morgan fingerprint density at radius 1 is 1.03 bits per heavy atom. The summed E-state index contributed by atoms with van der Waals surface area (Å²) in [5.41, 5.74) is 4.17. The summed E-state index contributed by atoms with van der Waals surface area (Å²) in [6.45, 7) is 2.82. The molecule has 1 saturated heterocycles. The zero-order valence-corrected chi connectivity index (χ0v) is 18.6. The van der Waals surface area contributed by atoms with Crippen LogP contribution >= 0.6 is 0 Å². The predicted octanol–water partition coefficient (Wildman–Crippen LogP) is 2.48. The van der Waals surface area contributed by atoms with Crippen molar-refractivity contribution in [3.8, 4) is 11.1 Å². The summed E-state index contributed by atoms with van der Waals surface area (Å²) in [5.74, 6) is -2.22. The summed E-state index contributed by atoms with van der Waals surface area (Å²) < 4.78 is 5.26. The molecule has 4 amide bonds. The molecule has 2 aromatic carbocycles. The molecule has 10 heteroatoms. The van der Waals surface area contributed by atoms with E-state index < -0.39 is 24.0 Å². The average molecular weight is 465 g/mol. The summed E-state index contributed by atoms with van der Waals surface area (Å²) in [4.78, 5) is 63.9. The van der Waals surface area contributed by atoms with Crippen LogP contribution in [0.25, 0.3) is 11.1 Å². The molecule has 10 nitrogen and oxygen atoms in total. The minimum atomic E-state index is -1.15. The number of hydroxylamine groups is 2. The van der Waals surface area contributed by atoms with E-state index in [4.69, 9.17) is 9.57 Å². The molecule has 1 fully saturated rings. The first-order valence-electron chi connectivity index (χ1n) is 10.8. The second kappa shape index (κ2) is 9.34. The lowest BCUT2D eigenvalue weighted by Crippen LogP contribution is -2.40. The molecule has 2 aromatic rings. The maximum atomic E-state index is 12.4. The standard InChI is InChI=1S/C24H23N3O7/c1-13(25-14(2)28)23(31)26-15-7-8-18-16-5-3-4-6-17(16)20(19(18)11-15)12-33-24(32)34-27-21(29)9-10-22(27)30/h3-8,11,13,20H,9-10,12H2,1-2H3,(H,25,28)(H,26,31). The molecule has 34 heavy (non-hydrogen) atoms. The SMILES string of the molecule is CC(=O)NC(C)C(=O)Nc1ccc2c(c1)C(COC(=O)ON1C(=O)CCC1=O)c1ccccc1-2. The van der Waals surface area contributed by atoms with Gasteiger partial charge in [0.1, 0.15) is 12.6 Å². The van der Waals surface area contributed by atoms with Gasteiger partial charge in [-0.1, -0.05) is 35.4 Å². The van der Waals surface area contributed by atoms with Crippen molar-refractivity contribution >= 4 is 35.5 Å². The molecule has 2 aliphatic rings. The van der Waals surface area contributed by atoms with Crippen molar-refractivity contribution in [3.63, 3.8) is 0 Å². The fourth-order valence-electron chi connectivity index (χ4n) is 4.10. The zero-order chi connectivity index (χ0) is 24.4. The maximum absolute atomic E-state index is 12.4. The van der Waals surface area contributed by atoms with Gasteiger partial charge in [0.25, 0.3) is 11.8 Å². The van der Waals surface area contributed by atoms with Crippen molar-refractivity contribution in [3.05, 3.63) is 53.6 Å². The topological polar surface area (TPSA) is 131 Å². The van der Waals surface area contributed by atoms with Crippen LogP contribution in [0.2, 0.25) is 0 Å². The van der Waals surface area contributed by atoms with E-state index in [9.17, 15) is 24.0 Å². The molecule has 1 aliphatic carbocycles. The molecule has 0 aromatic heterocycles. The first kappa shape index (κ1) is 23.0. The zero-order valence-electron chi connectivity index (χ0n) is 18.6. The van der Waals surface area contributed by atoms with Crippen LogP contribution in [-0.4, -0.2) is 47.5 Å². The molecule has 2 unspecified atom stereocenters. The van der Waals surface area contributed by atoms with E-state index in [1.54, 1.807) is 19.1 Å². The Balaban J connectivity index is 1.51. The van der Waals surface area contributed by atoms with Gasteiger partial charge in [0, 0.05) is 31.4 Å². The van der Waals surface area contributed by atoms with Crippen molar-refractivity contribution < 1.29 is 33.5 Å². The van der Waals surface area contributed by atoms with Gasteiger partial charge in [-0.3, -0.25) is 24.0 Å². The molecule has 2 N–H and O–H groups in total. The highest BCUT2D eigenvalue weighted by Gasteiger charge is 2.35. The Labute approximate surface area is 195 Å². The number of carbonyl (C=O) groups is 5. The highest BCUT2D eigenvalue weighted by atomic mass is 16.8. The Bertz CT molecular complexity index is 1180. The smallest absolute Gasteiger partial charge is 0.432 e. The molecule has 1 aliphatic heterocycles. The van der Waals surface area contributed by atoms with Gasteiger partial charge in [0.05, 0.1) is 0 Å². The number of amides is 4. The fourth-order valence-corrected chi connectivity index (χ4v) is 4.10. The van der Waals surface area contributed by atoms with Gasteiger partial charge in [-0.05, 0) is 41.3 Å². The molecule has 0 saturated carbocycles. The third-order valence-corrected chi connectivity index (χ3v) is 5.67. The number of nitrogens with one attached hydrogen (secondary N) is 2. The van der Waals surface area contributed by atoms with Crippen molar-refractivity contribution in [2.45, 2.75) is 38.6 Å². The molecule has 2 atom stereocenters. The van der Waals surface area contributed by atoms with Crippen molar-refractivity contribution in [2.24, 2.45) is 0 Å². The second-order valence-corrected chi connectivity index (χ2v) is 8.09. The molecule has 4 rings (SSSR count). The number of imide groups is 1. The summed E-state index contributed by atoms with van der Waals surface area (Å²) in [7, 11) is 0. The van der Waals surface area contributed by atoms with E-state index in [2.05, 4.69) is 10.6 Å². The van der Waals surface area contributed by atoms with Crippen LogP contribution in [0.3, 0.4) is 0 Å². The van der Waals surface area contributed by atoms with Crippen LogP contribution in [0.4, 0.5) is 10.5 Å². The lowest BCUT2D eigenvalue weighted by molar-refractivity contribution is -0.177. The number of hydrogen-bond acceptors (Lipinski definition) is 7. The number of nitrogens with zero attached hydrogens (tertiary/aromatic N) is 1. The largest absolute Gasteiger partial charge is 0.533 e. The third-order valence-electron chi connectivity index (χ3n) is 5.67. The summed E-state index contributed by atoms with van der Waals surface area (Å²) >= 11 is 0. The van der Waals surface area contributed by atoms with Gasteiger partial charge < -0.3 is 15.4 Å². The highest BCUT2D eigenvalue weighted by molar-refractivity contribution is 6.01. The molecule has 0 radical (unpaired) electrons. The van der Waals surface area contributed by atoms with Crippen molar-refractivity contribution in [2.75, 3.05) is 11.9 Å². The van der Waals surface area contributed by atoms with E-state index in [1.807, 2.05) is 30.3 Å². The monoisotopic (exact) mass is 465 g/mol. The van der Waals surface area contributed by atoms with Crippen molar-refractivity contribution in [1.82, 2.24) is 10.4 Å². The first-order chi connectivity index (χ1) is 16.2. The number of hydrogen-bond donors (Lipinski definition) is 2. The molecular weight excluding hydrogens is 442 g/mol. The molecule has 0 spiro atoms. The fraction of sp³-hybridized carbons (Fsp3) is 0.292. The van der Waals surface area contributed by atoms with Crippen LogP contribution in [0.5, 0.6) is 0 Å². The Hall–Kier alpha value is -4.21. The van der Waals surface area contributed by atoms with Gasteiger partial charge in [0.15, 0.2) is 0 Å². The van der Waals surface area contributed by atoms with Gasteiger partial charge in [-0.2, -0.15) is 0 Å². The van der Waals surface area contributed by atoms with Crippen molar-refractivity contribution in [1.29, 1.82) is 0 Å². The number of carbonyl (C=O) groups excluding carboxylic acids is 5. The lowest BCUT2D eigenvalue weighted by Gasteiger charge is -2.17. The normalized spacial score (nSPS) is 17.0. The van der Waals surface area contributed by atoms with Gasteiger partial charge in [-0.15, -0.1) is 0 Å². The Morgan fingerprint density at radius 3 is 2.41 bits per heavy atom.